The number of nitrogens with one attached hydrogen (secondary N) is 1. The Bertz CT molecular complexity index is 640. The standard InChI is InChI=1S/C15H20F3N3O3/c1-8-12(9(2)21(20-8)7-15(16,17)18)6-13(22)19-11-4-3-10(5-11)14(23)24/h10-11H,3-7H2,1-2H3,(H,19,22)(H,23,24)/t10-,11+/m1/s1. The topological polar surface area (TPSA) is 84.2 Å². The second-order valence-corrected chi connectivity index (χ2v) is 6.21. The van der Waals surface area contributed by atoms with Crippen LogP contribution < -0.4 is 5.32 Å². The maximum absolute atomic E-state index is 12.5. The molecule has 1 fully saturated rings. The number of aryl methyl sites for hydroxylation is 1. The first-order valence-corrected chi connectivity index (χ1v) is 7.68. The van der Waals surface area contributed by atoms with E-state index in [-0.39, 0.29) is 18.4 Å². The van der Waals surface area contributed by atoms with Crippen LogP contribution in [0.2, 0.25) is 0 Å². The summed E-state index contributed by atoms with van der Waals surface area (Å²) in [5.74, 6) is -1.65. The number of hydrogen-bond acceptors (Lipinski definition) is 3. The molecule has 2 atom stereocenters. The molecule has 2 N–H and O–H groups in total. The van der Waals surface area contributed by atoms with Crippen LogP contribution in [0, 0.1) is 19.8 Å². The molecule has 1 aliphatic carbocycles. The zero-order chi connectivity index (χ0) is 18.1. The van der Waals surface area contributed by atoms with Crippen LogP contribution in [0.25, 0.3) is 0 Å². The van der Waals surface area contributed by atoms with Crippen molar-refractivity contribution in [3.05, 3.63) is 17.0 Å². The molecule has 0 aliphatic heterocycles. The third-order valence-corrected chi connectivity index (χ3v) is 4.34. The highest BCUT2D eigenvalue weighted by Gasteiger charge is 2.32. The van der Waals surface area contributed by atoms with Gasteiger partial charge in [0, 0.05) is 17.3 Å². The van der Waals surface area contributed by atoms with E-state index in [1.54, 1.807) is 6.92 Å². The van der Waals surface area contributed by atoms with E-state index < -0.39 is 24.6 Å². The van der Waals surface area contributed by atoms with Crippen LogP contribution in [0.15, 0.2) is 0 Å². The highest BCUT2D eigenvalue weighted by Crippen LogP contribution is 2.26. The number of amides is 1. The summed E-state index contributed by atoms with van der Waals surface area (Å²) >= 11 is 0. The maximum atomic E-state index is 12.5. The van der Waals surface area contributed by atoms with Crippen LogP contribution in [0.1, 0.15) is 36.2 Å². The summed E-state index contributed by atoms with van der Waals surface area (Å²) in [4.78, 5) is 23.0. The molecule has 134 valence electrons. The number of aromatic nitrogens is 2. The molecular weight excluding hydrogens is 327 g/mol. The van der Waals surface area contributed by atoms with Gasteiger partial charge >= 0.3 is 12.1 Å². The van der Waals surface area contributed by atoms with E-state index in [0.717, 1.165) is 4.68 Å². The Morgan fingerprint density at radius 3 is 2.54 bits per heavy atom. The van der Waals surface area contributed by atoms with Crippen LogP contribution in [0.3, 0.4) is 0 Å². The third-order valence-electron chi connectivity index (χ3n) is 4.34. The molecule has 0 aromatic carbocycles. The minimum absolute atomic E-state index is 0.0657. The van der Waals surface area contributed by atoms with Crippen LogP contribution in [0.4, 0.5) is 13.2 Å². The predicted molar refractivity (Wildman–Crippen MR) is 78.4 cm³/mol. The first-order chi connectivity index (χ1) is 11.1. The van der Waals surface area contributed by atoms with Crippen molar-refractivity contribution in [3.8, 4) is 0 Å². The molecule has 9 heteroatoms. The van der Waals surface area contributed by atoms with E-state index in [2.05, 4.69) is 10.4 Å². The summed E-state index contributed by atoms with van der Waals surface area (Å²) in [5.41, 5.74) is 1.18. The van der Waals surface area contributed by atoms with Crippen molar-refractivity contribution in [2.75, 3.05) is 0 Å². The van der Waals surface area contributed by atoms with E-state index >= 15 is 0 Å². The van der Waals surface area contributed by atoms with Crippen molar-refractivity contribution >= 4 is 11.9 Å². The fourth-order valence-electron chi connectivity index (χ4n) is 3.09. The number of aliphatic carboxylic acids is 1. The molecule has 0 radical (unpaired) electrons. The van der Waals surface area contributed by atoms with E-state index in [0.29, 0.717) is 36.2 Å². The zero-order valence-electron chi connectivity index (χ0n) is 13.5. The van der Waals surface area contributed by atoms with Crippen LogP contribution >= 0.6 is 0 Å². The minimum Gasteiger partial charge on any atom is -0.481 e. The molecule has 6 nitrogen and oxygen atoms in total. The number of carbonyl (C=O) groups is 2. The van der Waals surface area contributed by atoms with Gasteiger partial charge in [0.05, 0.1) is 18.0 Å². The minimum atomic E-state index is -4.38. The van der Waals surface area contributed by atoms with Gasteiger partial charge in [-0.25, -0.2) is 0 Å². The van der Waals surface area contributed by atoms with Crippen LogP contribution in [0.5, 0.6) is 0 Å². The molecule has 0 bridgehead atoms. The van der Waals surface area contributed by atoms with Gasteiger partial charge in [-0.15, -0.1) is 0 Å². The van der Waals surface area contributed by atoms with E-state index in [9.17, 15) is 22.8 Å². The molecule has 1 amide bonds. The van der Waals surface area contributed by atoms with Gasteiger partial charge in [-0.2, -0.15) is 18.3 Å². The lowest BCUT2D eigenvalue weighted by Crippen LogP contribution is -2.34. The molecule has 1 aromatic rings. The number of carboxylic acid groups (broad SMARTS) is 1. The Morgan fingerprint density at radius 2 is 2.00 bits per heavy atom. The predicted octanol–water partition coefficient (Wildman–Crippen LogP) is 1.97. The largest absolute Gasteiger partial charge is 0.481 e. The normalized spacial score (nSPS) is 21.0. The van der Waals surface area contributed by atoms with E-state index in [1.165, 1.54) is 6.92 Å². The Labute approximate surface area is 137 Å². The van der Waals surface area contributed by atoms with Crippen molar-refractivity contribution < 1.29 is 27.9 Å². The van der Waals surface area contributed by atoms with Gasteiger partial charge in [0.25, 0.3) is 0 Å². The summed E-state index contributed by atoms with van der Waals surface area (Å²) in [6, 6.07) is -0.204. The number of carboxylic acids is 1. The van der Waals surface area contributed by atoms with Gasteiger partial charge in [0.1, 0.15) is 6.54 Å². The fraction of sp³-hybridized carbons (Fsp3) is 0.667. The second kappa shape index (κ2) is 6.82. The molecule has 0 unspecified atom stereocenters. The molecule has 0 spiro atoms. The highest BCUT2D eigenvalue weighted by molar-refractivity contribution is 5.79. The van der Waals surface area contributed by atoms with Gasteiger partial charge < -0.3 is 10.4 Å². The molecule has 24 heavy (non-hydrogen) atoms. The number of alkyl halides is 3. The van der Waals surface area contributed by atoms with Crippen molar-refractivity contribution in [3.63, 3.8) is 0 Å². The van der Waals surface area contributed by atoms with Crippen molar-refractivity contribution in [1.82, 2.24) is 15.1 Å². The molecule has 1 heterocycles. The number of carbonyl (C=O) groups excluding carboxylic acids is 1. The maximum Gasteiger partial charge on any atom is 0.408 e. The molecular formula is C15H20F3N3O3. The summed E-state index contributed by atoms with van der Waals surface area (Å²) < 4.78 is 38.4. The quantitative estimate of drug-likeness (QED) is 0.853. The third kappa shape index (κ3) is 4.48. The summed E-state index contributed by atoms with van der Waals surface area (Å²) in [5, 5.41) is 15.6. The molecule has 1 aliphatic rings. The first kappa shape index (κ1) is 18.3. The smallest absolute Gasteiger partial charge is 0.408 e. The SMILES string of the molecule is Cc1nn(CC(F)(F)F)c(C)c1CC(=O)N[C@H]1CC[C@@H](C(=O)O)C1. The average Bonchev–Trinajstić information content (AvgIpc) is 2.98. The first-order valence-electron chi connectivity index (χ1n) is 7.68. The number of halogens is 3. The highest BCUT2D eigenvalue weighted by atomic mass is 19.4. The van der Waals surface area contributed by atoms with Crippen LogP contribution in [-0.2, 0) is 22.6 Å². The Kier molecular flexibility index (Phi) is 5.19. The van der Waals surface area contributed by atoms with Crippen molar-refractivity contribution in [2.24, 2.45) is 5.92 Å². The lowest BCUT2D eigenvalue weighted by molar-refractivity contribution is -0.143. The second-order valence-electron chi connectivity index (χ2n) is 6.21. The molecule has 0 saturated heterocycles. The lowest BCUT2D eigenvalue weighted by atomic mass is 10.1. The monoisotopic (exact) mass is 347 g/mol. The van der Waals surface area contributed by atoms with E-state index in [1.807, 2.05) is 0 Å². The number of nitrogens with zero attached hydrogens (tertiary/aromatic N) is 2. The fourth-order valence-corrected chi connectivity index (χ4v) is 3.09. The Morgan fingerprint density at radius 1 is 1.33 bits per heavy atom. The van der Waals surface area contributed by atoms with E-state index in [4.69, 9.17) is 5.11 Å². The molecule has 1 aromatic heterocycles. The summed E-state index contributed by atoms with van der Waals surface area (Å²) in [6.45, 7) is 1.88. The van der Waals surface area contributed by atoms with Gasteiger partial charge in [-0.1, -0.05) is 0 Å². The average molecular weight is 347 g/mol. The van der Waals surface area contributed by atoms with Gasteiger partial charge in [-0.05, 0) is 33.1 Å². The Hall–Kier alpha value is -2.06. The molecule has 1 saturated carbocycles. The van der Waals surface area contributed by atoms with Crippen molar-refractivity contribution in [1.29, 1.82) is 0 Å². The zero-order valence-corrected chi connectivity index (χ0v) is 13.5. The summed E-state index contributed by atoms with van der Waals surface area (Å²) in [7, 11) is 0. The van der Waals surface area contributed by atoms with Crippen LogP contribution in [-0.4, -0.2) is 39.0 Å². The van der Waals surface area contributed by atoms with Gasteiger partial charge in [0.2, 0.25) is 5.91 Å². The van der Waals surface area contributed by atoms with Gasteiger partial charge in [0.15, 0.2) is 0 Å². The van der Waals surface area contributed by atoms with Gasteiger partial charge in [-0.3, -0.25) is 14.3 Å². The number of hydrogen-bond donors (Lipinski definition) is 2. The molecule has 2 rings (SSSR count). The Balaban J connectivity index is 1.98. The lowest BCUT2D eigenvalue weighted by Gasteiger charge is -2.13. The number of rotatable bonds is 5. The summed E-state index contributed by atoms with van der Waals surface area (Å²) in [6.07, 6.45) is -2.95. The van der Waals surface area contributed by atoms with Crippen molar-refractivity contribution in [2.45, 2.75) is 58.3 Å².